The maximum atomic E-state index is 10.6. The lowest BCUT2D eigenvalue weighted by atomic mass is 10.3. The highest BCUT2D eigenvalue weighted by atomic mass is 79.9. The van der Waals surface area contributed by atoms with Gasteiger partial charge in [-0.15, -0.1) is 0 Å². The Balaban J connectivity index is 3.53. The van der Waals surface area contributed by atoms with E-state index < -0.39 is 4.92 Å². The molecule has 1 rings (SSSR count). The molecule has 1 aromatic heterocycles. The van der Waals surface area contributed by atoms with Gasteiger partial charge in [-0.3, -0.25) is 10.1 Å². The second-order valence-corrected chi connectivity index (χ2v) is 3.61. The van der Waals surface area contributed by atoms with Gasteiger partial charge in [-0.1, -0.05) is 11.6 Å². The first-order chi connectivity index (χ1) is 6.49. The topological polar surface area (TPSA) is 65.3 Å². The van der Waals surface area contributed by atoms with E-state index in [9.17, 15) is 10.1 Å². The summed E-state index contributed by atoms with van der Waals surface area (Å²) in [5.74, 6) is -0.0827. The SMILES string of the molecule is COc1nc(C)c(Br)c(Cl)c1[N+](=O)[O-]. The van der Waals surface area contributed by atoms with Gasteiger partial charge in [-0.2, -0.15) is 0 Å². The van der Waals surface area contributed by atoms with Gasteiger partial charge in [0.05, 0.1) is 22.2 Å². The Morgan fingerprint density at radius 1 is 1.64 bits per heavy atom. The summed E-state index contributed by atoms with van der Waals surface area (Å²) < 4.78 is 5.17. The van der Waals surface area contributed by atoms with Gasteiger partial charge in [0, 0.05) is 0 Å². The molecule has 7 heteroatoms. The molecular weight excluding hydrogens is 275 g/mol. The van der Waals surface area contributed by atoms with E-state index in [0.717, 1.165) is 0 Å². The fourth-order valence-electron chi connectivity index (χ4n) is 0.912. The minimum absolute atomic E-state index is 0.000602. The quantitative estimate of drug-likeness (QED) is 0.617. The van der Waals surface area contributed by atoms with Gasteiger partial charge < -0.3 is 4.74 Å². The van der Waals surface area contributed by atoms with Gasteiger partial charge in [0.15, 0.2) is 0 Å². The Morgan fingerprint density at radius 3 is 2.64 bits per heavy atom. The summed E-state index contributed by atoms with van der Waals surface area (Å²) in [7, 11) is 1.30. The first-order valence-electron chi connectivity index (χ1n) is 3.53. The van der Waals surface area contributed by atoms with Crippen LogP contribution in [0.3, 0.4) is 0 Å². The molecule has 0 fully saturated rings. The largest absolute Gasteiger partial charge is 0.476 e. The normalized spacial score (nSPS) is 10.0. The van der Waals surface area contributed by atoms with Gasteiger partial charge in [-0.05, 0) is 22.9 Å². The fraction of sp³-hybridized carbons (Fsp3) is 0.286. The number of nitrogens with zero attached hydrogens (tertiary/aromatic N) is 2. The van der Waals surface area contributed by atoms with Crippen molar-refractivity contribution in [3.05, 3.63) is 25.3 Å². The van der Waals surface area contributed by atoms with Crippen LogP contribution >= 0.6 is 27.5 Å². The van der Waals surface area contributed by atoms with E-state index in [4.69, 9.17) is 16.3 Å². The summed E-state index contributed by atoms with van der Waals surface area (Å²) >= 11 is 8.88. The zero-order valence-electron chi connectivity index (χ0n) is 7.38. The number of methoxy groups -OCH3 is 1. The summed E-state index contributed by atoms with van der Waals surface area (Å²) in [6.45, 7) is 1.67. The Kier molecular flexibility index (Phi) is 3.28. The predicted molar refractivity (Wildman–Crippen MR) is 54.9 cm³/mol. The van der Waals surface area contributed by atoms with Crippen molar-refractivity contribution in [2.75, 3.05) is 7.11 Å². The number of ether oxygens (including phenoxy) is 1. The lowest BCUT2D eigenvalue weighted by Gasteiger charge is -2.05. The van der Waals surface area contributed by atoms with Crippen molar-refractivity contribution < 1.29 is 9.66 Å². The highest BCUT2D eigenvalue weighted by Crippen LogP contribution is 2.39. The van der Waals surface area contributed by atoms with E-state index in [2.05, 4.69) is 20.9 Å². The molecule has 0 N–H and O–H groups in total. The third-order valence-corrected chi connectivity index (χ3v) is 3.13. The molecule has 0 unspecified atom stereocenters. The molecule has 0 aliphatic heterocycles. The van der Waals surface area contributed by atoms with Gasteiger partial charge >= 0.3 is 5.69 Å². The van der Waals surface area contributed by atoms with E-state index in [1.165, 1.54) is 7.11 Å². The first-order valence-corrected chi connectivity index (χ1v) is 4.70. The molecule has 0 amide bonds. The second-order valence-electron chi connectivity index (χ2n) is 2.44. The molecule has 0 radical (unpaired) electrons. The maximum Gasteiger partial charge on any atom is 0.350 e. The minimum atomic E-state index is -0.627. The van der Waals surface area contributed by atoms with Gasteiger partial charge in [0.2, 0.25) is 0 Å². The fourth-order valence-corrected chi connectivity index (χ4v) is 1.47. The van der Waals surface area contributed by atoms with E-state index in [1.54, 1.807) is 6.92 Å². The van der Waals surface area contributed by atoms with E-state index in [0.29, 0.717) is 10.2 Å². The highest BCUT2D eigenvalue weighted by Gasteiger charge is 2.25. The second kappa shape index (κ2) is 4.10. The Hall–Kier alpha value is -0.880. The maximum absolute atomic E-state index is 10.6. The van der Waals surface area contributed by atoms with Gasteiger partial charge in [0.25, 0.3) is 5.88 Å². The van der Waals surface area contributed by atoms with Crippen LogP contribution in [0.25, 0.3) is 0 Å². The third kappa shape index (κ3) is 1.80. The molecule has 76 valence electrons. The van der Waals surface area contributed by atoms with Crippen molar-refractivity contribution in [1.29, 1.82) is 0 Å². The van der Waals surface area contributed by atoms with Crippen molar-refractivity contribution in [3.63, 3.8) is 0 Å². The standard InChI is InChI=1S/C7H6BrClN2O3/c1-3-4(8)5(9)6(11(12)13)7(10-3)14-2/h1-2H3. The molecule has 1 heterocycles. The van der Waals surface area contributed by atoms with E-state index >= 15 is 0 Å². The molecule has 0 aliphatic rings. The van der Waals surface area contributed by atoms with Crippen molar-refractivity contribution in [3.8, 4) is 5.88 Å². The van der Waals surface area contributed by atoms with Crippen LogP contribution in [-0.2, 0) is 0 Å². The zero-order valence-corrected chi connectivity index (χ0v) is 9.72. The number of halogens is 2. The highest BCUT2D eigenvalue weighted by molar-refractivity contribution is 9.10. The van der Waals surface area contributed by atoms with Crippen molar-refractivity contribution in [2.24, 2.45) is 0 Å². The molecule has 0 aromatic carbocycles. The lowest BCUT2D eigenvalue weighted by Crippen LogP contribution is -1.99. The number of aromatic nitrogens is 1. The number of rotatable bonds is 2. The van der Waals surface area contributed by atoms with Crippen LogP contribution in [0.4, 0.5) is 5.69 Å². The number of pyridine rings is 1. The molecule has 0 aliphatic carbocycles. The molecule has 0 saturated carbocycles. The first kappa shape index (κ1) is 11.2. The van der Waals surface area contributed by atoms with Crippen molar-refractivity contribution >= 4 is 33.2 Å². The van der Waals surface area contributed by atoms with Crippen LogP contribution < -0.4 is 4.74 Å². The Labute approximate surface area is 93.3 Å². The molecule has 0 spiro atoms. The zero-order chi connectivity index (χ0) is 10.9. The monoisotopic (exact) mass is 280 g/mol. The minimum Gasteiger partial charge on any atom is -0.476 e. The molecule has 0 saturated heterocycles. The number of hydrogen-bond donors (Lipinski definition) is 0. The summed E-state index contributed by atoms with van der Waals surface area (Å²) in [6.07, 6.45) is 0. The average Bonchev–Trinajstić information content (AvgIpc) is 2.12. The third-order valence-electron chi connectivity index (χ3n) is 1.57. The number of nitro groups is 1. The molecule has 5 nitrogen and oxygen atoms in total. The summed E-state index contributed by atoms with van der Waals surface area (Å²) in [6, 6.07) is 0. The smallest absolute Gasteiger partial charge is 0.350 e. The Morgan fingerprint density at radius 2 is 2.21 bits per heavy atom. The van der Waals surface area contributed by atoms with Crippen molar-refractivity contribution in [1.82, 2.24) is 4.98 Å². The summed E-state index contributed by atoms with van der Waals surface area (Å²) in [5, 5.41) is 10.6. The number of hydrogen-bond acceptors (Lipinski definition) is 4. The molecular formula is C7H6BrClN2O3. The van der Waals surface area contributed by atoms with Crippen LogP contribution in [-0.4, -0.2) is 17.0 Å². The lowest BCUT2D eigenvalue weighted by molar-refractivity contribution is -0.386. The van der Waals surface area contributed by atoms with E-state index in [1.807, 2.05) is 0 Å². The van der Waals surface area contributed by atoms with Crippen LogP contribution in [0.2, 0.25) is 5.02 Å². The van der Waals surface area contributed by atoms with Crippen LogP contribution in [0.15, 0.2) is 4.47 Å². The average molecular weight is 281 g/mol. The molecule has 1 aromatic rings. The van der Waals surface area contributed by atoms with Gasteiger partial charge in [0.1, 0.15) is 5.02 Å². The van der Waals surface area contributed by atoms with Crippen LogP contribution in [0.5, 0.6) is 5.88 Å². The van der Waals surface area contributed by atoms with Crippen LogP contribution in [0, 0.1) is 17.0 Å². The molecule has 0 bridgehead atoms. The molecule has 14 heavy (non-hydrogen) atoms. The van der Waals surface area contributed by atoms with Crippen LogP contribution in [0.1, 0.15) is 5.69 Å². The number of aryl methyl sites for hydroxylation is 1. The summed E-state index contributed by atoms with van der Waals surface area (Å²) in [4.78, 5) is 13.9. The van der Waals surface area contributed by atoms with E-state index in [-0.39, 0.29) is 16.6 Å². The molecule has 0 atom stereocenters. The Bertz CT molecular complexity index is 397. The van der Waals surface area contributed by atoms with Gasteiger partial charge in [-0.25, -0.2) is 4.98 Å². The van der Waals surface area contributed by atoms with Crippen molar-refractivity contribution in [2.45, 2.75) is 6.92 Å². The summed E-state index contributed by atoms with van der Waals surface area (Å²) in [5.41, 5.74) is 0.212. The predicted octanol–water partition coefficient (Wildman–Crippen LogP) is 2.72.